The summed E-state index contributed by atoms with van der Waals surface area (Å²) in [6, 6.07) is 5.15. The van der Waals surface area contributed by atoms with E-state index in [4.69, 9.17) is 0 Å². The zero-order chi connectivity index (χ0) is 11.4. The molecule has 0 aliphatic carbocycles. The van der Waals surface area contributed by atoms with Crippen molar-refractivity contribution in [2.45, 2.75) is 25.8 Å². The first-order valence-corrected chi connectivity index (χ1v) is 8.61. The van der Waals surface area contributed by atoms with Crippen molar-refractivity contribution in [2.24, 2.45) is 5.92 Å². The highest BCUT2D eigenvalue weighted by atomic mass is 79.9. The van der Waals surface area contributed by atoms with Crippen molar-refractivity contribution in [1.29, 1.82) is 0 Å². The highest BCUT2D eigenvalue weighted by Gasteiger charge is 2.27. The van der Waals surface area contributed by atoms with E-state index in [2.05, 4.69) is 52.1 Å². The quantitative estimate of drug-likeness (QED) is 0.886. The molecule has 0 bridgehead atoms. The molecule has 0 aromatic carbocycles. The third-order valence-corrected chi connectivity index (χ3v) is 5.85. The molecular formula is C12H18BrNS2. The van der Waals surface area contributed by atoms with Crippen molar-refractivity contribution in [3.63, 3.8) is 0 Å². The van der Waals surface area contributed by atoms with E-state index in [0.29, 0.717) is 0 Å². The first kappa shape index (κ1) is 12.9. The molecule has 0 radical (unpaired) electrons. The van der Waals surface area contributed by atoms with Gasteiger partial charge in [-0.25, -0.2) is 0 Å². The summed E-state index contributed by atoms with van der Waals surface area (Å²) in [7, 11) is 0. The van der Waals surface area contributed by atoms with E-state index in [-0.39, 0.29) is 0 Å². The lowest BCUT2D eigenvalue weighted by atomic mass is 9.99. The normalized spacial score (nSPS) is 25.1. The molecule has 0 saturated carbocycles. The predicted octanol–water partition coefficient (Wildman–Crippen LogP) is 3.78. The molecular weight excluding hydrogens is 302 g/mol. The van der Waals surface area contributed by atoms with E-state index in [1.54, 1.807) is 0 Å². The minimum absolute atomic E-state index is 0.728. The second-order valence-corrected chi connectivity index (χ2v) is 7.89. The molecule has 2 heterocycles. The van der Waals surface area contributed by atoms with Crippen molar-refractivity contribution in [1.82, 2.24) is 5.32 Å². The summed E-state index contributed by atoms with van der Waals surface area (Å²) in [5.41, 5.74) is 0. The maximum absolute atomic E-state index is 3.68. The Morgan fingerprint density at radius 1 is 1.44 bits per heavy atom. The second-order valence-electron chi connectivity index (χ2n) is 4.27. The SMILES string of the molecule is CCCNC1CSCC1Cc1ccc(Br)s1. The molecule has 0 amide bonds. The second kappa shape index (κ2) is 6.43. The molecule has 1 aliphatic rings. The molecule has 2 rings (SSSR count). The minimum atomic E-state index is 0.728. The highest BCUT2D eigenvalue weighted by molar-refractivity contribution is 9.11. The van der Waals surface area contributed by atoms with Crippen LogP contribution in [-0.2, 0) is 6.42 Å². The standard InChI is InChI=1S/C12H18BrNS2/c1-2-5-14-11-8-15-7-9(11)6-10-3-4-12(13)16-10/h3-4,9,11,14H,2,5-8H2,1H3. The Kier molecular flexibility index (Phi) is 5.20. The van der Waals surface area contributed by atoms with E-state index in [0.717, 1.165) is 18.5 Å². The van der Waals surface area contributed by atoms with Crippen LogP contribution in [-0.4, -0.2) is 24.1 Å². The molecule has 2 unspecified atom stereocenters. The zero-order valence-corrected chi connectivity index (χ0v) is 12.8. The Balaban J connectivity index is 1.88. The van der Waals surface area contributed by atoms with Gasteiger partial charge in [0.1, 0.15) is 0 Å². The van der Waals surface area contributed by atoms with Crippen LogP contribution in [0.25, 0.3) is 0 Å². The van der Waals surface area contributed by atoms with Crippen LogP contribution < -0.4 is 5.32 Å². The van der Waals surface area contributed by atoms with Crippen molar-refractivity contribution >= 4 is 39.0 Å². The topological polar surface area (TPSA) is 12.0 Å². The number of rotatable bonds is 5. The number of thiophene rings is 1. The van der Waals surface area contributed by atoms with E-state index in [1.165, 1.54) is 33.0 Å². The monoisotopic (exact) mass is 319 g/mol. The lowest BCUT2D eigenvalue weighted by Crippen LogP contribution is -2.36. The van der Waals surface area contributed by atoms with Gasteiger partial charge in [-0.1, -0.05) is 6.92 Å². The maximum atomic E-state index is 3.68. The van der Waals surface area contributed by atoms with Crippen molar-refractivity contribution in [2.75, 3.05) is 18.1 Å². The van der Waals surface area contributed by atoms with Crippen LogP contribution in [0.4, 0.5) is 0 Å². The van der Waals surface area contributed by atoms with Gasteiger partial charge in [-0.3, -0.25) is 0 Å². The molecule has 1 nitrogen and oxygen atoms in total. The molecule has 16 heavy (non-hydrogen) atoms. The molecule has 1 aromatic heterocycles. The Labute approximate surface area is 115 Å². The van der Waals surface area contributed by atoms with Crippen LogP contribution in [0.3, 0.4) is 0 Å². The van der Waals surface area contributed by atoms with Gasteiger partial charge in [0.25, 0.3) is 0 Å². The minimum Gasteiger partial charge on any atom is -0.313 e. The Morgan fingerprint density at radius 3 is 3.00 bits per heavy atom. The fraction of sp³-hybridized carbons (Fsp3) is 0.667. The van der Waals surface area contributed by atoms with Gasteiger partial charge in [-0.05, 0) is 59.1 Å². The maximum Gasteiger partial charge on any atom is 0.0701 e. The van der Waals surface area contributed by atoms with E-state index in [9.17, 15) is 0 Å². The van der Waals surface area contributed by atoms with Gasteiger partial charge in [0, 0.05) is 16.7 Å². The zero-order valence-electron chi connectivity index (χ0n) is 9.54. The third kappa shape index (κ3) is 3.49. The van der Waals surface area contributed by atoms with Crippen LogP contribution >= 0.6 is 39.0 Å². The molecule has 1 saturated heterocycles. The average Bonchev–Trinajstić information content (AvgIpc) is 2.86. The molecule has 1 aromatic rings. The number of hydrogen-bond acceptors (Lipinski definition) is 3. The van der Waals surface area contributed by atoms with Gasteiger partial charge in [-0.15, -0.1) is 11.3 Å². The average molecular weight is 320 g/mol. The first-order valence-electron chi connectivity index (χ1n) is 5.85. The fourth-order valence-corrected chi connectivity index (χ4v) is 5.08. The predicted molar refractivity (Wildman–Crippen MR) is 78.6 cm³/mol. The third-order valence-electron chi connectivity index (χ3n) is 2.95. The Hall–Kier alpha value is 0.490. The number of hydrogen-bond donors (Lipinski definition) is 1. The van der Waals surface area contributed by atoms with Crippen LogP contribution in [0.2, 0.25) is 0 Å². The molecule has 1 N–H and O–H groups in total. The number of halogens is 1. The Morgan fingerprint density at radius 2 is 2.31 bits per heavy atom. The van der Waals surface area contributed by atoms with E-state index >= 15 is 0 Å². The largest absolute Gasteiger partial charge is 0.313 e. The summed E-state index contributed by atoms with van der Waals surface area (Å²) in [5.74, 6) is 3.43. The lowest BCUT2D eigenvalue weighted by molar-refractivity contribution is 0.427. The summed E-state index contributed by atoms with van der Waals surface area (Å²) in [6.45, 7) is 3.40. The molecule has 1 fully saturated rings. The van der Waals surface area contributed by atoms with Crippen LogP contribution in [0, 0.1) is 5.92 Å². The molecule has 0 spiro atoms. The van der Waals surface area contributed by atoms with Crippen LogP contribution in [0.15, 0.2) is 15.9 Å². The fourth-order valence-electron chi connectivity index (χ4n) is 2.07. The Bertz CT molecular complexity index is 327. The van der Waals surface area contributed by atoms with Gasteiger partial charge in [0.05, 0.1) is 3.79 Å². The van der Waals surface area contributed by atoms with Crippen molar-refractivity contribution in [3.05, 3.63) is 20.8 Å². The van der Waals surface area contributed by atoms with Crippen LogP contribution in [0.5, 0.6) is 0 Å². The van der Waals surface area contributed by atoms with Gasteiger partial charge < -0.3 is 5.32 Å². The van der Waals surface area contributed by atoms with E-state index < -0.39 is 0 Å². The van der Waals surface area contributed by atoms with E-state index in [1.807, 2.05) is 11.3 Å². The summed E-state index contributed by atoms with van der Waals surface area (Å²) >= 11 is 7.51. The smallest absolute Gasteiger partial charge is 0.0701 e. The first-order chi connectivity index (χ1) is 7.79. The molecule has 90 valence electrons. The lowest BCUT2D eigenvalue weighted by Gasteiger charge is -2.19. The highest BCUT2D eigenvalue weighted by Crippen LogP contribution is 2.31. The molecule has 1 aliphatic heterocycles. The number of nitrogens with one attached hydrogen (secondary N) is 1. The van der Waals surface area contributed by atoms with Gasteiger partial charge >= 0.3 is 0 Å². The summed E-state index contributed by atoms with van der Waals surface area (Å²) in [6.07, 6.45) is 2.48. The van der Waals surface area contributed by atoms with Crippen LogP contribution in [0.1, 0.15) is 18.2 Å². The number of thioether (sulfide) groups is 1. The molecule has 4 heteroatoms. The summed E-state index contributed by atoms with van der Waals surface area (Å²) in [4.78, 5) is 1.52. The van der Waals surface area contributed by atoms with Gasteiger partial charge in [-0.2, -0.15) is 11.8 Å². The van der Waals surface area contributed by atoms with Gasteiger partial charge in [0.15, 0.2) is 0 Å². The molecule has 2 atom stereocenters. The van der Waals surface area contributed by atoms with Crippen molar-refractivity contribution in [3.8, 4) is 0 Å². The summed E-state index contributed by atoms with van der Waals surface area (Å²) in [5, 5.41) is 3.68. The van der Waals surface area contributed by atoms with Gasteiger partial charge in [0.2, 0.25) is 0 Å². The van der Waals surface area contributed by atoms with Crippen molar-refractivity contribution < 1.29 is 0 Å². The summed E-state index contributed by atoms with van der Waals surface area (Å²) < 4.78 is 1.26.